The zero-order valence-electron chi connectivity index (χ0n) is 16.6. The molecule has 10 heteroatoms. The van der Waals surface area contributed by atoms with Crippen LogP contribution in [0.3, 0.4) is 0 Å². The van der Waals surface area contributed by atoms with Gasteiger partial charge in [0.05, 0.1) is 6.54 Å². The van der Waals surface area contributed by atoms with Gasteiger partial charge in [-0.2, -0.15) is 13.2 Å². The van der Waals surface area contributed by atoms with Gasteiger partial charge in [-0.1, -0.05) is 6.07 Å². The molecule has 1 aliphatic rings. The Labute approximate surface area is 171 Å². The molecule has 4 rings (SSSR count). The predicted molar refractivity (Wildman–Crippen MR) is 104 cm³/mol. The van der Waals surface area contributed by atoms with E-state index in [-0.39, 0.29) is 11.1 Å². The van der Waals surface area contributed by atoms with Gasteiger partial charge in [-0.3, -0.25) is 4.90 Å². The number of nitrogens with zero attached hydrogens (tertiary/aromatic N) is 5. The number of fused-ring (bicyclic) bond motifs is 1. The number of piperazine rings is 1. The maximum atomic E-state index is 12.7. The number of anilines is 1. The monoisotopic (exact) mass is 421 g/mol. The molecule has 7 nitrogen and oxygen atoms in total. The van der Waals surface area contributed by atoms with Gasteiger partial charge in [-0.05, 0) is 31.5 Å². The van der Waals surface area contributed by atoms with E-state index in [1.54, 1.807) is 6.33 Å². The molecule has 160 valence electrons. The summed E-state index contributed by atoms with van der Waals surface area (Å²) in [5.74, 6) is 1.38. The zero-order chi connectivity index (χ0) is 21.5. The topological polar surface area (TPSA) is 78.5 Å². The molecule has 0 aliphatic carbocycles. The van der Waals surface area contributed by atoms with Crippen molar-refractivity contribution in [2.75, 3.05) is 31.1 Å². The van der Waals surface area contributed by atoms with E-state index in [4.69, 9.17) is 4.42 Å². The van der Waals surface area contributed by atoms with E-state index >= 15 is 0 Å². The number of aryl methyl sites for hydroxylation is 1. The number of alkyl halides is 3. The standard InChI is InChI=1S/C20H22F3N5O2/c1-12-13(2)24-11-25-19(12)28-7-5-27(6-8-28)10-17-26-15-4-3-14(9-16(15)30-17)18(29)20(21,22)23/h3-4,9,11,18,29H,5-8,10H2,1-2H3/t18-/m1/s1. The van der Waals surface area contributed by atoms with E-state index in [0.29, 0.717) is 18.0 Å². The van der Waals surface area contributed by atoms with Crippen LogP contribution in [-0.4, -0.2) is 57.3 Å². The van der Waals surface area contributed by atoms with Crippen LogP contribution < -0.4 is 4.90 Å². The summed E-state index contributed by atoms with van der Waals surface area (Å²) in [6, 6.07) is 3.85. The molecular weight excluding hydrogens is 399 g/mol. The minimum absolute atomic E-state index is 0.233. The van der Waals surface area contributed by atoms with Crippen LogP contribution in [0.25, 0.3) is 11.1 Å². The first-order valence-corrected chi connectivity index (χ1v) is 9.62. The summed E-state index contributed by atoms with van der Waals surface area (Å²) in [6.07, 6.45) is -5.69. The van der Waals surface area contributed by atoms with Crippen LogP contribution >= 0.6 is 0 Å². The molecule has 1 saturated heterocycles. The van der Waals surface area contributed by atoms with Gasteiger partial charge in [0.1, 0.15) is 17.7 Å². The molecular formula is C20H22F3N5O2. The third kappa shape index (κ3) is 4.10. The summed E-state index contributed by atoms with van der Waals surface area (Å²) < 4.78 is 43.9. The van der Waals surface area contributed by atoms with Crippen molar-refractivity contribution < 1.29 is 22.7 Å². The number of benzene rings is 1. The highest BCUT2D eigenvalue weighted by molar-refractivity contribution is 5.73. The van der Waals surface area contributed by atoms with E-state index in [9.17, 15) is 18.3 Å². The SMILES string of the molecule is Cc1ncnc(N2CCN(Cc3nc4ccc([C@@H](O)C(F)(F)F)cc4o3)CC2)c1C. The van der Waals surface area contributed by atoms with Crippen LogP contribution in [0.1, 0.15) is 28.8 Å². The molecule has 1 atom stereocenters. The Morgan fingerprint density at radius 1 is 1.13 bits per heavy atom. The van der Waals surface area contributed by atoms with E-state index in [2.05, 4.69) is 24.8 Å². The van der Waals surface area contributed by atoms with E-state index in [0.717, 1.165) is 43.3 Å². The highest BCUT2D eigenvalue weighted by Gasteiger charge is 2.39. The van der Waals surface area contributed by atoms with Crippen LogP contribution in [0.15, 0.2) is 28.9 Å². The maximum absolute atomic E-state index is 12.7. The second-order valence-corrected chi connectivity index (χ2v) is 7.45. The van der Waals surface area contributed by atoms with Gasteiger partial charge in [0.15, 0.2) is 11.7 Å². The molecule has 0 saturated carbocycles. The number of rotatable bonds is 4. The Morgan fingerprint density at radius 3 is 2.57 bits per heavy atom. The second-order valence-electron chi connectivity index (χ2n) is 7.45. The normalized spacial score (nSPS) is 16.9. The van der Waals surface area contributed by atoms with Crippen molar-refractivity contribution in [2.45, 2.75) is 32.7 Å². The zero-order valence-corrected chi connectivity index (χ0v) is 16.6. The molecule has 1 fully saturated rings. The fourth-order valence-electron chi connectivity index (χ4n) is 3.57. The van der Waals surface area contributed by atoms with Crippen molar-refractivity contribution in [3.8, 4) is 0 Å². The third-order valence-electron chi connectivity index (χ3n) is 5.42. The van der Waals surface area contributed by atoms with Gasteiger partial charge in [-0.15, -0.1) is 0 Å². The second kappa shape index (κ2) is 7.84. The largest absolute Gasteiger partial charge is 0.439 e. The Hall–Kier alpha value is -2.72. The lowest BCUT2D eigenvalue weighted by molar-refractivity contribution is -0.206. The average Bonchev–Trinajstić information content (AvgIpc) is 3.11. The smallest absolute Gasteiger partial charge is 0.418 e. The molecule has 0 amide bonds. The van der Waals surface area contributed by atoms with Crippen molar-refractivity contribution in [2.24, 2.45) is 0 Å². The number of hydrogen-bond acceptors (Lipinski definition) is 7. The molecule has 0 spiro atoms. The lowest BCUT2D eigenvalue weighted by Gasteiger charge is -2.35. The molecule has 30 heavy (non-hydrogen) atoms. The molecule has 3 heterocycles. The van der Waals surface area contributed by atoms with Crippen molar-refractivity contribution in [1.82, 2.24) is 19.9 Å². The molecule has 1 aliphatic heterocycles. The van der Waals surface area contributed by atoms with Crippen LogP contribution in [-0.2, 0) is 6.54 Å². The fourth-order valence-corrected chi connectivity index (χ4v) is 3.57. The van der Waals surface area contributed by atoms with Gasteiger partial charge in [0, 0.05) is 37.4 Å². The Kier molecular flexibility index (Phi) is 5.37. The van der Waals surface area contributed by atoms with Crippen molar-refractivity contribution in [3.05, 3.63) is 47.2 Å². The van der Waals surface area contributed by atoms with Crippen LogP contribution in [0, 0.1) is 13.8 Å². The molecule has 0 unspecified atom stereocenters. The molecule has 3 aromatic rings. The molecule has 0 bridgehead atoms. The highest BCUT2D eigenvalue weighted by atomic mass is 19.4. The summed E-state index contributed by atoms with van der Waals surface area (Å²) in [6.45, 7) is 7.57. The highest BCUT2D eigenvalue weighted by Crippen LogP contribution is 2.33. The van der Waals surface area contributed by atoms with Crippen LogP contribution in [0.5, 0.6) is 0 Å². The quantitative estimate of drug-likeness (QED) is 0.693. The lowest BCUT2D eigenvalue weighted by atomic mass is 10.1. The van der Waals surface area contributed by atoms with Crippen molar-refractivity contribution in [1.29, 1.82) is 0 Å². The Morgan fingerprint density at radius 2 is 1.87 bits per heavy atom. The van der Waals surface area contributed by atoms with Gasteiger partial charge in [0.25, 0.3) is 0 Å². The number of aromatic nitrogens is 3. The number of halogens is 3. The number of aliphatic hydroxyl groups is 1. The van der Waals surface area contributed by atoms with Crippen molar-refractivity contribution in [3.63, 3.8) is 0 Å². The molecule has 1 N–H and O–H groups in total. The Balaban J connectivity index is 1.42. The summed E-state index contributed by atoms with van der Waals surface area (Å²) >= 11 is 0. The molecule has 0 radical (unpaired) electrons. The van der Waals surface area contributed by atoms with Gasteiger partial charge < -0.3 is 14.4 Å². The van der Waals surface area contributed by atoms with Gasteiger partial charge >= 0.3 is 6.18 Å². The number of hydrogen-bond donors (Lipinski definition) is 1. The first kappa shape index (κ1) is 20.5. The van der Waals surface area contributed by atoms with Crippen LogP contribution in [0.2, 0.25) is 0 Å². The summed E-state index contributed by atoms with van der Waals surface area (Å²) in [5.41, 5.74) is 2.47. The first-order chi connectivity index (χ1) is 14.2. The summed E-state index contributed by atoms with van der Waals surface area (Å²) in [4.78, 5) is 17.4. The minimum Gasteiger partial charge on any atom is -0.439 e. The van der Waals surface area contributed by atoms with E-state index in [1.165, 1.54) is 18.2 Å². The van der Waals surface area contributed by atoms with Gasteiger partial charge in [-0.25, -0.2) is 15.0 Å². The van der Waals surface area contributed by atoms with E-state index in [1.807, 2.05) is 13.8 Å². The fraction of sp³-hybridized carbons (Fsp3) is 0.450. The number of oxazole rings is 1. The molecule has 1 aromatic carbocycles. The van der Waals surface area contributed by atoms with E-state index < -0.39 is 12.3 Å². The predicted octanol–water partition coefficient (Wildman–Crippen LogP) is 3.15. The average molecular weight is 421 g/mol. The first-order valence-electron chi connectivity index (χ1n) is 9.62. The third-order valence-corrected chi connectivity index (χ3v) is 5.42. The van der Waals surface area contributed by atoms with Crippen LogP contribution in [0.4, 0.5) is 19.0 Å². The van der Waals surface area contributed by atoms with Gasteiger partial charge in [0.2, 0.25) is 5.89 Å². The molecule has 2 aromatic heterocycles. The summed E-state index contributed by atoms with van der Waals surface area (Å²) in [5, 5.41) is 9.43. The lowest BCUT2D eigenvalue weighted by Crippen LogP contribution is -2.46. The van der Waals surface area contributed by atoms with Crippen molar-refractivity contribution >= 4 is 16.9 Å². The Bertz CT molecular complexity index is 1040. The summed E-state index contributed by atoms with van der Waals surface area (Å²) in [7, 11) is 0. The maximum Gasteiger partial charge on any atom is 0.418 e. The number of aliphatic hydroxyl groups excluding tert-OH is 1. The minimum atomic E-state index is -4.73.